The monoisotopic (exact) mass is 336 g/mol. The molecule has 0 unspecified atom stereocenters. The van der Waals surface area contributed by atoms with E-state index in [0.717, 1.165) is 0 Å². The minimum Gasteiger partial charge on any atom is -0.382 e. The molecule has 0 fully saturated rings. The molecular weight excluding hydrogens is 320 g/mol. The molecule has 8 nitrogen and oxygen atoms in total. The van der Waals surface area contributed by atoms with Gasteiger partial charge < -0.3 is 16.4 Å². The number of hydrogen-bond donors (Lipinski definition) is 3. The van der Waals surface area contributed by atoms with Gasteiger partial charge in [-0.3, -0.25) is 9.59 Å². The van der Waals surface area contributed by atoms with Crippen LogP contribution in [0.2, 0.25) is 0 Å². The number of nitrogens with one attached hydrogen (secondary N) is 2. The van der Waals surface area contributed by atoms with Crippen molar-refractivity contribution in [2.45, 2.75) is 6.92 Å². The van der Waals surface area contributed by atoms with E-state index < -0.39 is 5.91 Å². The Kier molecular flexibility index (Phi) is 4.42. The first-order valence-electron chi connectivity index (χ1n) is 7.50. The number of hydrogen-bond acceptors (Lipinski definition) is 5. The summed E-state index contributed by atoms with van der Waals surface area (Å²) in [6.45, 7) is 1.43. The van der Waals surface area contributed by atoms with Crippen LogP contribution in [0.3, 0.4) is 0 Å². The summed E-state index contributed by atoms with van der Waals surface area (Å²) in [7, 11) is 0. The van der Waals surface area contributed by atoms with Gasteiger partial charge in [0.15, 0.2) is 11.5 Å². The van der Waals surface area contributed by atoms with E-state index >= 15 is 0 Å². The van der Waals surface area contributed by atoms with Gasteiger partial charge in [0, 0.05) is 18.3 Å². The van der Waals surface area contributed by atoms with Gasteiger partial charge in [-0.25, -0.2) is 0 Å². The maximum absolute atomic E-state index is 12.4. The maximum Gasteiger partial charge on any atom is 0.280 e. The molecule has 0 saturated carbocycles. The van der Waals surface area contributed by atoms with E-state index in [1.54, 1.807) is 24.3 Å². The Morgan fingerprint density at radius 2 is 1.56 bits per heavy atom. The summed E-state index contributed by atoms with van der Waals surface area (Å²) >= 11 is 0. The zero-order valence-electron chi connectivity index (χ0n) is 13.4. The molecule has 25 heavy (non-hydrogen) atoms. The molecular formula is C17H16N6O2. The summed E-state index contributed by atoms with van der Waals surface area (Å²) in [5, 5.41) is 13.1. The SMILES string of the molecule is CC(=O)Nc1ccc(NC(=O)c2nnn(-c3ccccc3)c2N)cc1. The molecule has 2 aromatic carbocycles. The van der Waals surface area contributed by atoms with Gasteiger partial charge in [0.1, 0.15) is 0 Å². The minimum atomic E-state index is -0.466. The lowest BCUT2D eigenvalue weighted by Gasteiger charge is -2.06. The summed E-state index contributed by atoms with van der Waals surface area (Å²) in [4.78, 5) is 23.4. The molecule has 0 aliphatic heterocycles. The molecule has 8 heteroatoms. The van der Waals surface area contributed by atoms with Crippen molar-refractivity contribution in [1.82, 2.24) is 15.0 Å². The molecule has 0 radical (unpaired) electrons. The van der Waals surface area contributed by atoms with Crippen molar-refractivity contribution in [1.29, 1.82) is 0 Å². The Morgan fingerprint density at radius 1 is 0.960 bits per heavy atom. The molecule has 0 saturated heterocycles. The fraction of sp³-hybridized carbons (Fsp3) is 0.0588. The number of nitrogen functional groups attached to an aromatic ring is 1. The Balaban J connectivity index is 1.76. The van der Waals surface area contributed by atoms with Gasteiger partial charge in [-0.2, -0.15) is 4.68 Å². The number of rotatable bonds is 4. The van der Waals surface area contributed by atoms with Crippen molar-refractivity contribution in [2.24, 2.45) is 0 Å². The highest BCUT2D eigenvalue weighted by atomic mass is 16.2. The zero-order valence-corrected chi connectivity index (χ0v) is 13.4. The number of nitrogens with zero attached hydrogens (tertiary/aromatic N) is 3. The van der Waals surface area contributed by atoms with Gasteiger partial charge in [0.25, 0.3) is 5.91 Å². The van der Waals surface area contributed by atoms with Crippen LogP contribution in [0.4, 0.5) is 17.2 Å². The van der Waals surface area contributed by atoms with E-state index in [0.29, 0.717) is 17.1 Å². The van der Waals surface area contributed by atoms with E-state index in [4.69, 9.17) is 5.73 Å². The smallest absolute Gasteiger partial charge is 0.280 e. The highest BCUT2D eigenvalue weighted by molar-refractivity contribution is 6.05. The molecule has 3 aromatic rings. The maximum atomic E-state index is 12.4. The largest absolute Gasteiger partial charge is 0.382 e. The molecule has 0 aliphatic rings. The number of amides is 2. The topological polar surface area (TPSA) is 115 Å². The highest BCUT2D eigenvalue weighted by Gasteiger charge is 2.18. The Morgan fingerprint density at radius 3 is 2.16 bits per heavy atom. The minimum absolute atomic E-state index is 0.0368. The second kappa shape index (κ2) is 6.83. The predicted octanol–water partition coefficient (Wildman–Crippen LogP) is 2.06. The van der Waals surface area contributed by atoms with Crippen LogP contribution in [-0.4, -0.2) is 26.8 Å². The van der Waals surface area contributed by atoms with Crippen molar-refractivity contribution < 1.29 is 9.59 Å². The van der Waals surface area contributed by atoms with Gasteiger partial charge >= 0.3 is 0 Å². The summed E-state index contributed by atoms with van der Waals surface area (Å²) < 4.78 is 1.40. The number of carbonyl (C=O) groups is 2. The molecule has 126 valence electrons. The third kappa shape index (κ3) is 3.63. The van der Waals surface area contributed by atoms with E-state index in [-0.39, 0.29) is 17.4 Å². The van der Waals surface area contributed by atoms with Crippen LogP contribution in [0.5, 0.6) is 0 Å². The van der Waals surface area contributed by atoms with E-state index in [9.17, 15) is 9.59 Å². The van der Waals surface area contributed by atoms with Gasteiger partial charge in [0.2, 0.25) is 5.91 Å². The van der Waals surface area contributed by atoms with Crippen LogP contribution in [0, 0.1) is 0 Å². The van der Waals surface area contributed by atoms with E-state index in [2.05, 4.69) is 20.9 Å². The van der Waals surface area contributed by atoms with Crippen LogP contribution in [0.1, 0.15) is 17.4 Å². The predicted molar refractivity (Wildman–Crippen MR) is 94.5 cm³/mol. The lowest BCUT2D eigenvalue weighted by atomic mass is 10.2. The molecule has 0 bridgehead atoms. The fourth-order valence-electron chi connectivity index (χ4n) is 2.24. The number of aromatic nitrogens is 3. The molecule has 1 heterocycles. The van der Waals surface area contributed by atoms with Gasteiger partial charge in [-0.1, -0.05) is 23.4 Å². The van der Waals surface area contributed by atoms with Crippen LogP contribution in [0.15, 0.2) is 54.6 Å². The number of anilines is 3. The Hall–Kier alpha value is -3.68. The fourth-order valence-corrected chi connectivity index (χ4v) is 2.24. The Labute approximate surface area is 143 Å². The molecule has 0 atom stereocenters. The van der Waals surface area contributed by atoms with Crippen LogP contribution in [-0.2, 0) is 4.79 Å². The van der Waals surface area contributed by atoms with Crippen LogP contribution >= 0.6 is 0 Å². The van der Waals surface area contributed by atoms with Crippen LogP contribution < -0.4 is 16.4 Å². The Bertz CT molecular complexity index is 903. The molecule has 3 rings (SSSR count). The van der Waals surface area contributed by atoms with Crippen molar-refractivity contribution in [3.63, 3.8) is 0 Å². The molecule has 1 aromatic heterocycles. The lowest BCUT2D eigenvalue weighted by molar-refractivity contribution is -0.114. The molecule has 4 N–H and O–H groups in total. The number of carbonyl (C=O) groups excluding carboxylic acids is 2. The van der Waals surface area contributed by atoms with Crippen molar-refractivity contribution in [3.05, 3.63) is 60.3 Å². The summed E-state index contributed by atoms with van der Waals surface area (Å²) in [6.07, 6.45) is 0. The first-order chi connectivity index (χ1) is 12.0. The standard InChI is InChI=1S/C17H16N6O2/c1-11(24)19-12-7-9-13(10-8-12)20-17(25)15-16(18)23(22-21-15)14-5-3-2-4-6-14/h2-10H,18H2,1H3,(H,19,24)(H,20,25). The van der Waals surface area contributed by atoms with Gasteiger partial charge in [-0.15, -0.1) is 5.10 Å². The first kappa shape index (κ1) is 16.2. The highest BCUT2D eigenvalue weighted by Crippen LogP contribution is 2.18. The zero-order chi connectivity index (χ0) is 17.8. The summed E-state index contributed by atoms with van der Waals surface area (Å²) in [5.74, 6) is -0.479. The molecule has 0 spiro atoms. The van der Waals surface area contributed by atoms with Gasteiger partial charge in [0.05, 0.1) is 5.69 Å². The number of benzene rings is 2. The first-order valence-corrected chi connectivity index (χ1v) is 7.50. The average molecular weight is 336 g/mol. The van der Waals surface area contributed by atoms with E-state index in [1.165, 1.54) is 11.6 Å². The summed E-state index contributed by atoms with van der Waals surface area (Å²) in [5.41, 5.74) is 7.94. The number of nitrogens with two attached hydrogens (primary N) is 1. The van der Waals surface area contributed by atoms with Gasteiger partial charge in [-0.05, 0) is 36.4 Å². The summed E-state index contributed by atoms with van der Waals surface area (Å²) in [6, 6.07) is 15.9. The molecule has 2 amide bonds. The van der Waals surface area contributed by atoms with Crippen molar-refractivity contribution >= 4 is 29.0 Å². The number of para-hydroxylation sites is 1. The second-order valence-electron chi connectivity index (χ2n) is 5.28. The normalized spacial score (nSPS) is 10.3. The lowest BCUT2D eigenvalue weighted by Crippen LogP contribution is -2.15. The molecule has 0 aliphatic carbocycles. The van der Waals surface area contributed by atoms with Crippen LogP contribution in [0.25, 0.3) is 5.69 Å². The second-order valence-corrected chi connectivity index (χ2v) is 5.28. The quantitative estimate of drug-likeness (QED) is 0.674. The third-order valence-corrected chi connectivity index (χ3v) is 3.38. The third-order valence-electron chi connectivity index (χ3n) is 3.38. The van der Waals surface area contributed by atoms with E-state index in [1.807, 2.05) is 30.3 Å². The average Bonchev–Trinajstić information content (AvgIpc) is 2.98. The van der Waals surface area contributed by atoms with Crippen molar-refractivity contribution in [2.75, 3.05) is 16.4 Å². The van der Waals surface area contributed by atoms with Crippen molar-refractivity contribution in [3.8, 4) is 5.69 Å².